The summed E-state index contributed by atoms with van der Waals surface area (Å²) in [6.45, 7) is 8.34. The van der Waals surface area contributed by atoms with Gasteiger partial charge in [0.15, 0.2) is 5.82 Å². The van der Waals surface area contributed by atoms with Gasteiger partial charge in [0.1, 0.15) is 30.8 Å². The SMILES string of the molecule is CCCC(NC(=O)[C@@H]1C[C@@H](OC(=O)N2CCc3ccccc3C2)CN1C(=O)[C@@H](NC(=O)[C@H](NC(=O)CCCCc1nn[nH]n1)C(C)C)C(C)C)C(=O)C(=O)NCC(=O)O. The Morgan fingerprint density at radius 2 is 1.66 bits per heavy atom. The predicted molar refractivity (Wildman–Crippen MR) is 209 cm³/mol. The van der Waals surface area contributed by atoms with Crippen molar-refractivity contribution in [3.63, 3.8) is 0 Å². The molecule has 0 bridgehead atoms. The Hall–Kier alpha value is -5.95. The number of likely N-dealkylation sites (tertiary alicyclic amines) is 1. The van der Waals surface area contributed by atoms with E-state index in [2.05, 4.69) is 36.6 Å². The number of aliphatic carboxylic acids is 1. The molecule has 2 aliphatic heterocycles. The highest BCUT2D eigenvalue weighted by atomic mass is 16.6. The molecule has 2 aliphatic rings. The van der Waals surface area contributed by atoms with Gasteiger partial charge in [0, 0.05) is 32.4 Å². The zero-order valence-electron chi connectivity index (χ0n) is 34.2. The Balaban J connectivity index is 1.50. The van der Waals surface area contributed by atoms with E-state index >= 15 is 0 Å². The number of ether oxygens (including phenoxy) is 1. The van der Waals surface area contributed by atoms with Gasteiger partial charge in [-0.3, -0.25) is 33.6 Å². The van der Waals surface area contributed by atoms with Crippen LogP contribution in [0.1, 0.15) is 90.1 Å². The van der Waals surface area contributed by atoms with Crippen molar-refractivity contribution in [3.8, 4) is 0 Å². The fourth-order valence-electron chi connectivity index (χ4n) is 7.04. The number of rotatable bonds is 20. The number of carbonyl (C=O) groups excluding carboxylic acids is 7. The Kier molecular flexibility index (Phi) is 16.8. The summed E-state index contributed by atoms with van der Waals surface area (Å²) >= 11 is 0. The summed E-state index contributed by atoms with van der Waals surface area (Å²) in [5.74, 6) is -6.39. The monoisotopic (exact) mass is 824 g/mol. The number of amides is 6. The minimum Gasteiger partial charge on any atom is -0.480 e. The van der Waals surface area contributed by atoms with E-state index in [9.17, 15) is 38.4 Å². The number of H-pyrrole nitrogens is 1. The van der Waals surface area contributed by atoms with Crippen LogP contribution < -0.4 is 21.3 Å². The second-order valence-electron chi connectivity index (χ2n) is 15.5. The van der Waals surface area contributed by atoms with Crippen LogP contribution in [0.4, 0.5) is 4.79 Å². The number of nitrogens with one attached hydrogen (secondary N) is 5. The highest BCUT2D eigenvalue weighted by molar-refractivity contribution is 6.38. The Labute approximate surface area is 342 Å². The summed E-state index contributed by atoms with van der Waals surface area (Å²) < 4.78 is 5.90. The number of Topliss-reactive ketones (excluding diaryl/α,β-unsaturated/α-hetero) is 1. The van der Waals surface area contributed by atoms with E-state index in [-0.39, 0.29) is 37.6 Å². The molecule has 6 amide bonds. The van der Waals surface area contributed by atoms with Crippen molar-refractivity contribution in [1.82, 2.24) is 51.7 Å². The van der Waals surface area contributed by atoms with Crippen LogP contribution in [0.2, 0.25) is 0 Å². The summed E-state index contributed by atoms with van der Waals surface area (Å²) in [5, 5.41) is 32.8. The van der Waals surface area contributed by atoms with Crippen molar-refractivity contribution in [2.45, 2.75) is 123 Å². The molecule has 5 atom stereocenters. The van der Waals surface area contributed by atoms with E-state index in [0.29, 0.717) is 51.0 Å². The van der Waals surface area contributed by atoms with Gasteiger partial charge in [-0.1, -0.05) is 70.5 Å². The smallest absolute Gasteiger partial charge is 0.410 e. The first kappa shape index (κ1) is 45.7. The molecule has 1 fully saturated rings. The normalized spacial score (nSPS) is 17.7. The fraction of sp³-hybridized carbons (Fsp3) is 0.615. The van der Waals surface area contributed by atoms with Gasteiger partial charge in [-0.05, 0) is 48.6 Å². The largest absolute Gasteiger partial charge is 0.480 e. The zero-order valence-corrected chi connectivity index (χ0v) is 34.2. The minimum absolute atomic E-state index is 0.0341. The van der Waals surface area contributed by atoms with E-state index in [1.807, 2.05) is 29.6 Å². The number of aromatic nitrogens is 4. The number of nitrogens with zero attached hydrogens (tertiary/aromatic N) is 5. The van der Waals surface area contributed by atoms with Crippen LogP contribution in [0, 0.1) is 11.8 Å². The number of tetrazole rings is 1. The first-order valence-electron chi connectivity index (χ1n) is 20.1. The lowest BCUT2D eigenvalue weighted by atomic mass is 9.98. The van der Waals surface area contributed by atoms with Crippen LogP contribution in [0.3, 0.4) is 0 Å². The van der Waals surface area contributed by atoms with Gasteiger partial charge in [0.25, 0.3) is 5.91 Å². The average Bonchev–Trinajstić information content (AvgIpc) is 3.89. The number of hydrogen-bond acceptors (Lipinski definition) is 12. The average molecular weight is 825 g/mol. The van der Waals surface area contributed by atoms with Crippen molar-refractivity contribution in [2.24, 2.45) is 11.8 Å². The summed E-state index contributed by atoms with van der Waals surface area (Å²) in [5.41, 5.74) is 2.10. The lowest BCUT2D eigenvalue weighted by Crippen LogP contribution is -2.59. The molecule has 6 N–H and O–H groups in total. The number of benzene rings is 1. The summed E-state index contributed by atoms with van der Waals surface area (Å²) in [6.07, 6.45) is 1.07. The molecule has 20 heteroatoms. The first-order valence-corrected chi connectivity index (χ1v) is 20.1. The molecule has 0 saturated carbocycles. The molecule has 1 saturated heterocycles. The molecular formula is C39H56N10O10. The predicted octanol–water partition coefficient (Wildman–Crippen LogP) is 0.413. The third-order valence-electron chi connectivity index (χ3n) is 10.3. The number of fused-ring (bicyclic) bond motifs is 1. The van der Waals surface area contributed by atoms with Gasteiger partial charge in [-0.15, -0.1) is 10.2 Å². The number of unbranched alkanes of at least 4 members (excludes halogenated alkanes) is 1. The standard InChI is InChI=1S/C39H56N10O10/c1-6-11-27(34(53)37(56)40-19-31(51)52)41-35(54)28-18-26(59-39(58)48-17-16-24-12-7-8-13-25(24)20-48)21-49(28)38(57)33(23(4)5)43-36(55)32(22(2)3)42-30(50)15-10-9-14-29-44-46-47-45-29/h7-8,12-13,22-23,26-28,32-33H,6,9-11,14-21H2,1-5H3,(H,40,56)(H,41,54)(H,42,50)(H,43,55)(H,51,52)(H,44,45,46,47)/t26-,27?,28+,32-,33+/m1/s1. The molecule has 2 aromatic rings. The number of carboxylic acids is 1. The van der Waals surface area contributed by atoms with Crippen LogP contribution >= 0.6 is 0 Å². The van der Waals surface area contributed by atoms with E-state index in [1.165, 1.54) is 4.90 Å². The highest BCUT2D eigenvalue weighted by Crippen LogP contribution is 2.26. The molecule has 0 radical (unpaired) electrons. The van der Waals surface area contributed by atoms with Gasteiger partial charge in [0.2, 0.25) is 29.4 Å². The third kappa shape index (κ3) is 13.0. The molecule has 1 aromatic carbocycles. The van der Waals surface area contributed by atoms with Gasteiger partial charge in [0.05, 0.1) is 12.6 Å². The number of ketones is 1. The van der Waals surface area contributed by atoms with Gasteiger partial charge >= 0.3 is 12.1 Å². The fourth-order valence-corrected chi connectivity index (χ4v) is 7.04. The van der Waals surface area contributed by atoms with E-state index in [1.54, 1.807) is 39.5 Å². The molecule has 20 nitrogen and oxygen atoms in total. The van der Waals surface area contributed by atoms with E-state index < -0.39 is 84.2 Å². The van der Waals surface area contributed by atoms with Crippen molar-refractivity contribution in [3.05, 3.63) is 41.2 Å². The number of hydrogen-bond donors (Lipinski definition) is 6. The van der Waals surface area contributed by atoms with Crippen LogP contribution in [-0.2, 0) is 57.7 Å². The second kappa shape index (κ2) is 21.7. The molecule has 322 valence electrons. The maximum Gasteiger partial charge on any atom is 0.410 e. The van der Waals surface area contributed by atoms with E-state index in [4.69, 9.17) is 9.84 Å². The Morgan fingerprint density at radius 3 is 2.31 bits per heavy atom. The Morgan fingerprint density at radius 1 is 0.949 bits per heavy atom. The summed E-state index contributed by atoms with van der Waals surface area (Å²) in [7, 11) is 0. The minimum atomic E-state index is -1.36. The van der Waals surface area contributed by atoms with E-state index in [0.717, 1.165) is 11.1 Å². The molecular weight excluding hydrogens is 768 g/mol. The van der Waals surface area contributed by atoms with Crippen LogP contribution in [0.5, 0.6) is 0 Å². The first-order chi connectivity index (χ1) is 28.1. The topological polar surface area (TPSA) is 275 Å². The van der Waals surface area contributed by atoms with Gasteiger partial charge < -0.3 is 40.9 Å². The maximum atomic E-state index is 14.5. The van der Waals surface area contributed by atoms with Crippen LogP contribution in [-0.4, -0.2) is 133 Å². The van der Waals surface area contributed by atoms with Crippen molar-refractivity contribution in [2.75, 3.05) is 19.6 Å². The maximum absolute atomic E-state index is 14.5. The van der Waals surface area contributed by atoms with Gasteiger partial charge in [-0.2, -0.15) is 5.21 Å². The molecule has 4 rings (SSSR count). The van der Waals surface area contributed by atoms with Crippen molar-refractivity contribution in [1.29, 1.82) is 0 Å². The quantitative estimate of drug-likeness (QED) is 0.0781. The second-order valence-corrected chi connectivity index (χ2v) is 15.5. The molecule has 59 heavy (non-hydrogen) atoms. The molecule has 1 aromatic heterocycles. The molecule has 1 unspecified atom stereocenters. The molecule has 0 aliphatic carbocycles. The molecule has 0 spiro atoms. The number of carbonyl (C=O) groups is 8. The zero-order chi connectivity index (χ0) is 43.2. The number of aromatic amines is 1. The lowest BCUT2D eigenvalue weighted by molar-refractivity contribution is -0.145. The van der Waals surface area contributed by atoms with Crippen LogP contribution in [0.25, 0.3) is 0 Å². The number of carboxylic acid groups (broad SMARTS) is 1. The third-order valence-corrected chi connectivity index (χ3v) is 10.3. The Bertz CT molecular complexity index is 1820. The highest BCUT2D eigenvalue weighted by Gasteiger charge is 2.46. The number of aryl methyl sites for hydroxylation is 1. The summed E-state index contributed by atoms with van der Waals surface area (Å²) in [4.78, 5) is 108. The van der Waals surface area contributed by atoms with Gasteiger partial charge in [-0.25, -0.2) is 4.79 Å². The van der Waals surface area contributed by atoms with Crippen molar-refractivity contribution >= 4 is 47.4 Å². The van der Waals surface area contributed by atoms with Crippen LogP contribution in [0.15, 0.2) is 24.3 Å². The van der Waals surface area contributed by atoms with Crippen molar-refractivity contribution < 1.29 is 48.2 Å². The lowest BCUT2D eigenvalue weighted by Gasteiger charge is -2.32. The summed E-state index contributed by atoms with van der Waals surface area (Å²) in [6, 6.07) is 2.92. The molecule has 3 heterocycles.